The topological polar surface area (TPSA) is 9.23 Å². The zero-order valence-electron chi connectivity index (χ0n) is 11.8. The molecule has 2 aromatic carbocycles. The third kappa shape index (κ3) is 2.25. The Morgan fingerprint density at radius 2 is 1.74 bits per heavy atom. The number of para-hydroxylation sites is 1. The van der Waals surface area contributed by atoms with Gasteiger partial charge in [-0.15, -0.1) is 0 Å². The SMILES string of the molecule is CC(C)Cc1ccc2c(c1)Oc1ccccc1C2C. The first-order chi connectivity index (χ1) is 9.15. The molecule has 19 heavy (non-hydrogen) atoms. The van der Waals surface area contributed by atoms with Crippen molar-refractivity contribution in [1.29, 1.82) is 0 Å². The number of rotatable bonds is 2. The van der Waals surface area contributed by atoms with E-state index < -0.39 is 0 Å². The van der Waals surface area contributed by atoms with E-state index in [-0.39, 0.29) is 0 Å². The highest BCUT2D eigenvalue weighted by molar-refractivity contribution is 5.53. The van der Waals surface area contributed by atoms with Crippen LogP contribution in [0.4, 0.5) is 0 Å². The summed E-state index contributed by atoms with van der Waals surface area (Å²) in [6, 6.07) is 15.0. The van der Waals surface area contributed by atoms with Crippen LogP contribution in [0.15, 0.2) is 42.5 Å². The van der Waals surface area contributed by atoms with Crippen molar-refractivity contribution in [3.8, 4) is 11.5 Å². The minimum atomic E-state index is 0.410. The molecule has 2 aromatic rings. The smallest absolute Gasteiger partial charge is 0.131 e. The van der Waals surface area contributed by atoms with Gasteiger partial charge in [0.05, 0.1) is 0 Å². The Morgan fingerprint density at radius 3 is 2.53 bits per heavy atom. The van der Waals surface area contributed by atoms with Crippen molar-refractivity contribution in [3.05, 3.63) is 59.2 Å². The molecule has 0 radical (unpaired) electrons. The Balaban J connectivity index is 2.00. The second-order valence-electron chi connectivity index (χ2n) is 5.83. The fourth-order valence-corrected chi connectivity index (χ4v) is 2.84. The quantitative estimate of drug-likeness (QED) is 0.718. The van der Waals surface area contributed by atoms with Crippen LogP contribution >= 0.6 is 0 Å². The maximum atomic E-state index is 6.07. The summed E-state index contributed by atoms with van der Waals surface area (Å²) in [5, 5.41) is 0. The third-order valence-corrected chi connectivity index (χ3v) is 3.79. The summed E-state index contributed by atoms with van der Waals surface area (Å²) in [5.41, 5.74) is 3.94. The van der Waals surface area contributed by atoms with E-state index in [9.17, 15) is 0 Å². The summed E-state index contributed by atoms with van der Waals surface area (Å²) in [4.78, 5) is 0. The molecule has 0 spiro atoms. The molecule has 1 aliphatic heterocycles. The van der Waals surface area contributed by atoms with Crippen molar-refractivity contribution in [2.24, 2.45) is 5.92 Å². The first-order valence-electron chi connectivity index (χ1n) is 7.04. The van der Waals surface area contributed by atoms with E-state index in [4.69, 9.17) is 4.74 Å². The molecule has 98 valence electrons. The molecule has 0 amide bonds. The lowest BCUT2D eigenvalue weighted by Crippen LogP contribution is -2.08. The van der Waals surface area contributed by atoms with Crippen LogP contribution in [0.2, 0.25) is 0 Å². The molecule has 0 saturated heterocycles. The lowest BCUT2D eigenvalue weighted by atomic mass is 9.88. The van der Waals surface area contributed by atoms with Gasteiger partial charge in [0.1, 0.15) is 11.5 Å². The van der Waals surface area contributed by atoms with Gasteiger partial charge in [-0.2, -0.15) is 0 Å². The van der Waals surface area contributed by atoms with Gasteiger partial charge in [-0.05, 0) is 30.0 Å². The average Bonchev–Trinajstić information content (AvgIpc) is 2.38. The predicted molar refractivity (Wildman–Crippen MR) is 79.0 cm³/mol. The van der Waals surface area contributed by atoms with Crippen molar-refractivity contribution in [1.82, 2.24) is 0 Å². The first kappa shape index (κ1) is 12.3. The second-order valence-corrected chi connectivity index (χ2v) is 5.83. The summed E-state index contributed by atoms with van der Waals surface area (Å²) in [6.07, 6.45) is 1.10. The normalized spacial score (nSPS) is 16.7. The van der Waals surface area contributed by atoms with Crippen molar-refractivity contribution in [2.75, 3.05) is 0 Å². The zero-order chi connectivity index (χ0) is 13.4. The Bertz CT molecular complexity index is 598. The number of ether oxygens (including phenoxy) is 1. The van der Waals surface area contributed by atoms with E-state index in [2.05, 4.69) is 57.2 Å². The predicted octanol–water partition coefficient (Wildman–Crippen LogP) is 5.14. The van der Waals surface area contributed by atoms with E-state index in [1.165, 1.54) is 16.7 Å². The van der Waals surface area contributed by atoms with Gasteiger partial charge in [-0.25, -0.2) is 0 Å². The lowest BCUT2D eigenvalue weighted by molar-refractivity contribution is 0.448. The first-order valence-corrected chi connectivity index (χ1v) is 7.04. The highest BCUT2D eigenvalue weighted by Crippen LogP contribution is 2.44. The third-order valence-electron chi connectivity index (χ3n) is 3.79. The Labute approximate surface area is 115 Å². The number of fused-ring (bicyclic) bond motifs is 2. The molecule has 1 unspecified atom stereocenters. The van der Waals surface area contributed by atoms with E-state index in [1.807, 2.05) is 6.07 Å². The van der Waals surface area contributed by atoms with Crippen LogP contribution < -0.4 is 4.74 Å². The number of benzene rings is 2. The van der Waals surface area contributed by atoms with Crippen LogP contribution in [0.3, 0.4) is 0 Å². The van der Waals surface area contributed by atoms with Gasteiger partial charge < -0.3 is 4.74 Å². The van der Waals surface area contributed by atoms with Crippen LogP contribution in [0.1, 0.15) is 43.4 Å². The highest BCUT2D eigenvalue weighted by Gasteiger charge is 2.23. The molecule has 0 aliphatic carbocycles. The van der Waals surface area contributed by atoms with Crippen LogP contribution in [0, 0.1) is 5.92 Å². The maximum Gasteiger partial charge on any atom is 0.131 e. The molecule has 1 aliphatic rings. The van der Waals surface area contributed by atoms with Crippen LogP contribution in [-0.2, 0) is 6.42 Å². The number of hydrogen-bond acceptors (Lipinski definition) is 1. The Kier molecular flexibility index (Phi) is 3.06. The molecule has 1 atom stereocenters. The molecular weight excluding hydrogens is 232 g/mol. The molecule has 0 N–H and O–H groups in total. The van der Waals surface area contributed by atoms with Gasteiger partial charge in [0.25, 0.3) is 0 Å². The van der Waals surface area contributed by atoms with Crippen molar-refractivity contribution in [2.45, 2.75) is 33.1 Å². The Morgan fingerprint density at radius 1 is 1.00 bits per heavy atom. The fourth-order valence-electron chi connectivity index (χ4n) is 2.84. The highest BCUT2D eigenvalue weighted by atomic mass is 16.5. The van der Waals surface area contributed by atoms with Crippen molar-refractivity contribution < 1.29 is 4.74 Å². The van der Waals surface area contributed by atoms with E-state index >= 15 is 0 Å². The largest absolute Gasteiger partial charge is 0.457 e. The second kappa shape index (κ2) is 4.73. The van der Waals surface area contributed by atoms with Crippen LogP contribution in [-0.4, -0.2) is 0 Å². The fraction of sp³-hybridized carbons (Fsp3) is 0.333. The molecule has 0 saturated carbocycles. The summed E-state index contributed by atoms with van der Waals surface area (Å²) in [5.74, 6) is 3.12. The molecule has 3 rings (SSSR count). The summed E-state index contributed by atoms with van der Waals surface area (Å²) in [6.45, 7) is 6.75. The van der Waals surface area contributed by atoms with Crippen molar-refractivity contribution >= 4 is 0 Å². The van der Waals surface area contributed by atoms with E-state index in [0.717, 1.165) is 17.9 Å². The molecule has 1 nitrogen and oxygen atoms in total. The van der Waals surface area contributed by atoms with E-state index in [0.29, 0.717) is 11.8 Å². The molecule has 1 heterocycles. The minimum absolute atomic E-state index is 0.410. The molecule has 0 fully saturated rings. The van der Waals surface area contributed by atoms with Gasteiger partial charge in [0.2, 0.25) is 0 Å². The summed E-state index contributed by atoms with van der Waals surface area (Å²) >= 11 is 0. The lowest BCUT2D eigenvalue weighted by Gasteiger charge is -2.26. The standard InChI is InChI=1S/C18H20O/c1-12(2)10-14-8-9-16-13(3)15-6-4-5-7-17(15)19-18(16)11-14/h4-9,11-13H,10H2,1-3H3. The van der Waals surface area contributed by atoms with E-state index in [1.54, 1.807) is 0 Å². The van der Waals surface area contributed by atoms with Gasteiger partial charge in [0, 0.05) is 17.0 Å². The van der Waals surface area contributed by atoms with Crippen molar-refractivity contribution in [3.63, 3.8) is 0 Å². The summed E-state index contributed by atoms with van der Waals surface area (Å²) < 4.78 is 6.07. The molecule has 0 bridgehead atoms. The molecule has 0 aromatic heterocycles. The molecule has 1 heteroatoms. The van der Waals surface area contributed by atoms with Gasteiger partial charge >= 0.3 is 0 Å². The minimum Gasteiger partial charge on any atom is -0.457 e. The Hall–Kier alpha value is -1.76. The van der Waals surface area contributed by atoms with Gasteiger partial charge in [0.15, 0.2) is 0 Å². The zero-order valence-corrected chi connectivity index (χ0v) is 11.8. The van der Waals surface area contributed by atoms with Gasteiger partial charge in [-0.1, -0.05) is 51.1 Å². The maximum absolute atomic E-state index is 6.07. The van der Waals surface area contributed by atoms with Crippen LogP contribution in [0.25, 0.3) is 0 Å². The average molecular weight is 252 g/mol. The molecular formula is C18H20O. The summed E-state index contributed by atoms with van der Waals surface area (Å²) in [7, 11) is 0. The monoisotopic (exact) mass is 252 g/mol. The number of hydrogen-bond donors (Lipinski definition) is 0. The van der Waals surface area contributed by atoms with Crippen LogP contribution in [0.5, 0.6) is 11.5 Å². The van der Waals surface area contributed by atoms with Gasteiger partial charge in [-0.3, -0.25) is 0 Å².